The van der Waals surface area contributed by atoms with E-state index in [1.165, 1.54) is 0 Å². The highest BCUT2D eigenvalue weighted by atomic mass is 16.5. The van der Waals surface area contributed by atoms with Crippen LogP contribution in [-0.2, 0) is 16.6 Å². The number of hydrogen-bond donors (Lipinski definition) is 1. The number of aliphatic hydroxyl groups excluding tert-OH is 1. The number of likely N-dealkylation sites (tertiary alicyclic amines) is 1. The van der Waals surface area contributed by atoms with Gasteiger partial charge in [0, 0.05) is 41.8 Å². The number of hydrogen-bond acceptors (Lipinski definition) is 4. The van der Waals surface area contributed by atoms with Crippen molar-refractivity contribution >= 4 is 28.4 Å². The molecule has 0 bridgehead atoms. The number of aliphatic hydroxyl groups is 1. The molecule has 0 spiro atoms. The summed E-state index contributed by atoms with van der Waals surface area (Å²) in [5, 5.41) is 12.2. The first kappa shape index (κ1) is 21.7. The van der Waals surface area contributed by atoms with Crippen molar-refractivity contribution in [2.75, 3.05) is 13.2 Å². The number of benzene rings is 2. The van der Waals surface area contributed by atoms with Gasteiger partial charge < -0.3 is 19.3 Å². The largest absolute Gasteiger partial charge is 0.507 e. The molecule has 1 atom stereocenters. The Hall–Kier alpha value is -3.54. The highest BCUT2D eigenvalue weighted by molar-refractivity contribution is 6.46. The van der Waals surface area contributed by atoms with Crippen LogP contribution in [0.2, 0.25) is 0 Å². The van der Waals surface area contributed by atoms with E-state index < -0.39 is 17.7 Å². The van der Waals surface area contributed by atoms with Gasteiger partial charge in [0.2, 0.25) is 0 Å². The molecule has 6 heteroatoms. The molecule has 166 valence electrons. The molecule has 2 heterocycles. The summed E-state index contributed by atoms with van der Waals surface area (Å²) in [4.78, 5) is 27.6. The van der Waals surface area contributed by atoms with Gasteiger partial charge in [0.1, 0.15) is 11.5 Å². The minimum Gasteiger partial charge on any atom is -0.507 e. The SMILES string of the molecule is CCCOc1ccc(/C(O)=C2\C(=O)C(=O)N(CCC)C2c2cn(C)c3ccccc23)cc1. The van der Waals surface area contributed by atoms with Crippen LogP contribution in [0.3, 0.4) is 0 Å². The lowest BCUT2D eigenvalue weighted by Gasteiger charge is -2.24. The first-order valence-electron chi connectivity index (χ1n) is 11.0. The number of carbonyl (C=O) groups is 2. The van der Waals surface area contributed by atoms with Gasteiger partial charge in [-0.2, -0.15) is 0 Å². The fourth-order valence-corrected chi connectivity index (χ4v) is 4.35. The number of ketones is 1. The van der Waals surface area contributed by atoms with Crippen LogP contribution >= 0.6 is 0 Å². The molecule has 1 aliphatic heterocycles. The van der Waals surface area contributed by atoms with E-state index in [0.29, 0.717) is 30.9 Å². The number of ether oxygens (including phenoxy) is 1. The van der Waals surface area contributed by atoms with Crippen LogP contribution in [0.15, 0.2) is 60.3 Å². The molecule has 1 unspecified atom stereocenters. The van der Waals surface area contributed by atoms with Gasteiger partial charge in [-0.3, -0.25) is 9.59 Å². The van der Waals surface area contributed by atoms with Gasteiger partial charge in [-0.25, -0.2) is 0 Å². The highest BCUT2D eigenvalue weighted by Gasteiger charge is 2.46. The highest BCUT2D eigenvalue weighted by Crippen LogP contribution is 2.42. The van der Waals surface area contributed by atoms with Crippen molar-refractivity contribution in [2.45, 2.75) is 32.7 Å². The van der Waals surface area contributed by atoms with Gasteiger partial charge in [0.05, 0.1) is 18.2 Å². The number of fused-ring (bicyclic) bond motifs is 1. The first-order chi connectivity index (χ1) is 15.5. The van der Waals surface area contributed by atoms with Crippen molar-refractivity contribution in [1.82, 2.24) is 9.47 Å². The zero-order valence-corrected chi connectivity index (χ0v) is 18.7. The molecule has 0 radical (unpaired) electrons. The van der Waals surface area contributed by atoms with E-state index in [1.807, 2.05) is 55.9 Å². The van der Waals surface area contributed by atoms with Gasteiger partial charge in [-0.05, 0) is 43.2 Å². The summed E-state index contributed by atoms with van der Waals surface area (Å²) in [7, 11) is 1.94. The summed E-state index contributed by atoms with van der Waals surface area (Å²) < 4.78 is 7.60. The molecule has 4 rings (SSSR count). The summed E-state index contributed by atoms with van der Waals surface area (Å²) in [5.41, 5.74) is 2.44. The van der Waals surface area contributed by atoms with Crippen LogP contribution in [-0.4, -0.2) is 39.4 Å². The first-order valence-corrected chi connectivity index (χ1v) is 11.0. The van der Waals surface area contributed by atoms with Crippen LogP contribution in [0.4, 0.5) is 0 Å². The van der Waals surface area contributed by atoms with Crippen molar-refractivity contribution < 1.29 is 19.4 Å². The molecule has 1 amide bonds. The van der Waals surface area contributed by atoms with Gasteiger partial charge in [0.25, 0.3) is 11.7 Å². The molecular weight excluding hydrogens is 404 g/mol. The zero-order valence-electron chi connectivity index (χ0n) is 18.7. The molecule has 0 aliphatic carbocycles. The molecule has 1 aromatic heterocycles. The van der Waals surface area contributed by atoms with Crippen molar-refractivity contribution in [1.29, 1.82) is 0 Å². The zero-order chi connectivity index (χ0) is 22.8. The molecule has 1 saturated heterocycles. The summed E-state index contributed by atoms with van der Waals surface area (Å²) in [6.45, 7) is 5.03. The third kappa shape index (κ3) is 3.66. The Balaban J connectivity index is 1.86. The molecule has 0 saturated carbocycles. The second kappa shape index (κ2) is 8.91. The van der Waals surface area contributed by atoms with Crippen LogP contribution in [0.5, 0.6) is 5.75 Å². The Morgan fingerprint density at radius 1 is 1.03 bits per heavy atom. The Morgan fingerprint density at radius 3 is 2.44 bits per heavy atom. The second-order valence-corrected chi connectivity index (χ2v) is 8.08. The minimum absolute atomic E-state index is 0.127. The maximum atomic E-state index is 13.1. The van der Waals surface area contributed by atoms with Gasteiger partial charge >= 0.3 is 0 Å². The van der Waals surface area contributed by atoms with E-state index in [2.05, 4.69) is 0 Å². The third-order valence-electron chi connectivity index (χ3n) is 5.83. The quantitative estimate of drug-likeness (QED) is 0.331. The summed E-state index contributed by atoms with van der Waals surface area (Å²) in [6.07, 6.45) is 3.55. The average Bonchev–Trinajstić information content (AvgIpc) is 3.27. The molecule has 1 fully saturated rings. The Morgan fingerprint density at radius 2 is 1.75 bits per heavy atom. The van der Waals surface area contributed by atoms with Gasteiger partial charge in [-0.1, -0.05) is 32.0 Å². The fraction of sp³-hybridized carbons (Fsp3) is 0.308. The maximum Gasteiger partial charge on any atom is 0.295 e. The number of aryl methyl sites for hydroxylation is 1. The van der Waals surface area contributed by atoms with Crippen LogP contribution < -0.4 is 4.74 Å². The lowest BCUT2D eigenvalue weighted by atomic mass is 9.95. The monoisotopic (exact) mass is 432 g/mol. The van der Waals surface area contributed by atoms with E-state index in [1.54, 1.807) is 29.2 Å². The Labute approximate surface area is 187 Å². The molecule has 6 nitrogen and oxygen atoms in total. The topological polar surface area (TPSA) is 71.8 Å². The van der Waals surface area contributed by atoms with E-state index in [-0.39, 0.29) is 11.3 Å². The third-order valence-corrected chi connectivity index (χ3v) is 5.83. The number of nitrogens with zero attached hydrogens (tertiary/aromatic N) is 2. The lowest BCUT2D eigenvalue weighted by Crippen LogP contribution is -2.30. The molecule has 3 aromatic rings. The van der Waals surface area contributed by atoms with Gasteiger partial charge in [-0.15, -0.1) is 0 Å². The van der Waals surface area contributed by atoms with Crippen molar-refractivity contribution in [2.24, 2.45) is 7.05 Å². The Kier molecular flexibility index (Phi) is 6.04. The number of aromatic nitrogens is 1. The molecule has 1 N–H and O–H groups in total. The van der Waals surface area contributed by atoms with Crippen molar-refractivity contribution in [3.8, 4) is 5.75 Å². The number of carbonyl (C=O) groups excluding carboxylic acids is 2. The lowest BCUT2D eigenvalue weighted by molar-refractivity contribution is -0.139. The van der Waals surface area contributed by atoms with Crippen LogP contribution in [0.1, 0.15) is 43.9 Å². The number of amides is 1. The molecular formula is C26H28N2O4. The predicted molar refractivity (Wildman–Crippen MR) is 124 cm³/mol. The van der Waals surface area contributed by atoms with E-state index in [9.17, 15) is 14.7 Å². The molecule has 1 aliphatic rings. The number of para-hydroxylation sites is 1. The molecule has 32 heavy (non-hydrogen) atoms. The second-order valence-electron chi connectivity index (χ2n) is 8.08. The summed E-state index contributed by atoms with van der Waals surface area (Å²) in [6, 6.07) is 14.2. The fourth-order valence-electron chi connectivity index (χ4n) is 4.35. The van der Waals surface area contributed by atoms with Crippen molar-refractivity contribution in [3.63, 3.8) is 0 Å². The van der Waals surface area contributed by atoms with E-state index in [0.717, 1.165) is 22.9 Å². The number of Topliss-reactive ketones (excluding diaryl/α,β-unsaturated/α-hetero) is 1. The normalized spacial score (nSPS) is 18.0. The van der Waals surface area contributed by atoms with E-state index in [4.69, 9.17) is 4.74 Å². The van der Waals surface area contributed by atoms with Gasteiger partial charge in [0.15, 0.2) is 0 Å². The van der Waals surface area contributed by atoms with Crippen LogP contribution in [0, 0.1) is 0 Å². The molecule has 2 aromatic carbocycles. The maximum absolute atomic E-state index is 13.1. The van der Waals surface area contributed by atoms with E-state index >= 15 is 0 Å². The minimum atomic E-state index is -0.653. The smallest absolute Gasteiger partial charge is 0.295 e. The summed E-state index contributed by atoms with van der Waals surface area (Å²) in [5.74, 6) is -0.697. The summed E-state index contributed by atoms with van der Waals surface area (Å²) >= 11 is 0. The predicted octanol–water partition coefficient (Wildman–Crippen LogP) is 4.80. The number of rotatable bonds is 7. The Bertz CT molecular complexity index is 1190. The average molecular weight is 433 g/mol. The van der Waals surface area contributed by atoms with Crippen molar-refractivity contribution in [3.05, 3.63) is 71.4 Å². The van der Waals surface area contributed by atoms with Crippen LogP contribution in [0.25, 0.3) is 16.7 Å². The standard InChI is InChI=1S/C26H28N2O4/c1-4-14-28-23(20-16-27(3)21-9-7-6-8-19(20)21)22(25(30)26(28)31)24(29)17-10-12-18(13-11-17)32-15-5-2/h6-13,16,23,29H,4-5,14-15H2,1-3H3/b24-22+.